The average Bonchev–Trinajstić information content (AvgIpc) is 2.91. The number of hydrogen-bond acceptors (Lipinski definition) is 2. The summed E-state index contributed by atoms with van der Waals surface area (Å²) in [6, 6.07) is 19.5. The predicted molar refractivity (Wildman–Crippen MR) is 105 cm³/mol. The molecular formula is C22H19NS. The zero-order valence-electron chi connectivity index (χ0n) is 14.1. The molecule has 0 spiro atoms. The summed E-state index contributed by atoms with van der Waals surface area (Å²) < 4.78 is 1.30. The molecule has 0 saturated carbocycles. The first kappa shape index (κ1) is 15.1. The van der Waals surface area contributed by atoms with Crippen molar-refractivity contribution in [3.63, 3.8) is 0 Å². The maximum Gasteiger partial charge on any atom is 0.0716 e. The Hall–Kier alpha value is -2.45. The van der Waals surface area contributed by atoms with Crippen LogP contribution in [0.1, 0.15) is 16.7 Å². The van der Waals surface area contributed by atoms with E-state index in [9.17, 15) is 0 Å². The molecule has 24 heavy (non-hydrogen) atoms. The molecule has 0 saturated heterocycles. The van der Waals surface area contributed by atoms with Crippen LogP contribution in [0.2, 0.25) is 0 Å². The summed E-state index contributed by atoms with van der Waals surface area (Å²) >= 11 is 1.85. The van der Waals surface area contributed by atoms with Gasteiger partial charge in [-0.15, -0.1) is 11.3 Å². The predicted octanol–water partition coefficient (Wildman–Crippen LogP) is 6.56. The first-order valence-corrected chi connectivity index (χ1v) is 8.97. The normalized spacial score (nSPS) is 11.1. The van der Waals surface area contributed by atoms with Crippen molar-refractivity contribution < 1.29 is 0 Å². The molecule has 118 valence electrons. The molecule has 0 atom stereocenters. The van der Waals surface area contributed by atoms with Gasteiger partial charge in [0.25, 0.3) is 0 Å². The monoisotopic (exact) mass is 329 g/mol. The Kier molecular flexibility index (Phi) is 3.70. The Bertz CT molecular complexity index is 1010. The molecule has 1 nitrogen and oxygen atoms in total. The van der Waals surface area contributed by atoms with Crippen molar-refractivity contribution in [2.45, 2.75) is 20.8 Å². The number of nitrogens with zero attached hydrogens (tertiary/aromatic N) is 1. The Morgan fingerprint density at radius 3 is 2.21 bits per heavy atom. The van der Waals surface area contributed by atoms with Crippen LogP contribution in [-0.4, -0.2) is 4.98 Å². The summed E-state index contributed by atoms with van der Waals surface area (Å²) in [7, 11) is 0. The molecule has 0 fully saturated rings. The fraction of sp³-hybridized carbons (Fsp3) is 0.136. The molecule has 0 radical (unpaired) electrons. The van der Waals surface area contributed by atoms with Gasteiger partial charge in [-0.3, -0.25) is 4.98 Å². The van der Waals surface area contributed by atoms with E-state index in [0.717, 1.165) is 5.69 Å². The highest BCUT2D eigenvalue weighted by Gasteiger charge is 2.12. The van der Waals surface area contributed by atoms with E-state index in [0.29, 0.717) is 0 Å². The third-order valence-corrected chi connectivity index (χ3v) is 5.68. The van der Waals surface area contributed by atoms with Gasteiger partial charge in [0.2, 0.25) is 0 Å². The van der Waals surface area contributed by atoms with Crippen LogP contribution in [0.5, 0.6) is 0 Å². The lowest BCUT2D eigenvalue weighted by atomic mass is 10.0. The average molecular weight is 329 g/mol. The van der Waals surface area contributed by atoms with E-state index in [4.69, 9.17) is 4.98 Å². The highest BCUT2D eigenvalue weighted by Crippen LogP contribution is 2.39. The fourth-order valence-corrected chi connectivity index (χ4v) is 4.48. The number of benzene rings is 2. The molecule has 0 bridgehead atoms. The molecule has 2 heterocycles. The second-order valence-electron chi connectivity index (χ2n) is 6.36. The number of aryl methyl sites for hydroxylation is 3. The third kappa shape index (κ3) is 2.63. The molecule has 0 aliphatic rings. The summed E-state index contributed by atoms with van der Waals surface area (Å²) in [6.45, 7) is 6.47. The van der Waals surface area contributed by atoms with Crippen LogP contribution < -0.4 is 0 Å². The molecular weight excluding hydrogens is 310 g/mol. The molecule has 0 unspecified atom stereocenters. The van der Waals surface area contributed by atoms with Crippen molar-refractivity contribution >= 4 is 21.4 Å². The molecule has 2 aromatic carbocycles. The lowest BCUT2D eigenvalue weighted by Gasteiger charge is -2.05. The van der Waals surface area contributed by atoms with Gasteiger partial charge < -0.3 is 0 Å². The van der Waals surface area contributed by atoms with Gasteiger partial charge in [-0.05, 0) is 50.1 Å². The second kappa shape index (κ2) is 5.88. The van der Waals surface area contributed by atoms with Crippen LogP contribution in [0.4, 0.5) is 0 Å². The molecule has 0 aliphatic carbocycles. The Morgan fingerprint density at radius 2 is 1.50 bits per heavy atom. The SMILES string of the molecule is Cc1cc(C)cc(-c2cc3sc(-c4ccccc4)c(C)c3cn2)c1. The molecule has 0 amide bonds. The van der Waals surface area contributed by atoms with E-state index < -0.39 is 0 Å². The molecule has 4 aromatic rings. The van der Waals surface area contributed by atoms with E-state index in [1.54, 1.807) is 0 Å². The molecule has 2 heteroatoms. The fourth-order valence-electron chi connectivity index (χ4n) is 3.26. The minimum Gasteiger partial charge on any atom is -0.256 e. The summed E-state index contributed by atoms with van der Waals surface area (Å²) in [6.07, 6.45) is 2.03. The highest BCUT2D eigenvalue weighted by atomic mass is 32.1. The molecule has 2 aromatic heterocycles. The van der Waals surface area contributed by atoms with Crippen molar-refractivity contribution in [1.82, 2.24) is 4.98 Å². The van der Waals surface area contributed by atoms with Crippen LogP contribution in [0.3, 0.4) is 0 Å². The molecule has 0 aliphatic heterocycles. The second-order valence-corrected chi connectivity index (χ2v) is 7.42. The summed E-state index contributed by atoms with van der Waals surface area (Å²) in [5, 5.41) is 1.26. The zero-order valence-corrected chi connectivity index (χ0v) is 14.9. The highest BCUT2D eigenvalue weighted by molar-refractivity contribution is 7.22. The Morgan fingerprint density at radius 1 is 0.792 bits per heavy atom. The summed E-state index contributed by atoms with van der Waals surface area (Å²) in [5.74, 6) is 0. The quantitative estimate of drug-likeness (QED) is 0.406. The minimum absolute atomic E-state index is 1.05. The van der Waals surface area contributed by atoms with Crippen molar-refractivity contribution in [3.8, 4) is 21.7 Å². The zero-order chi connectivity index (χ0) is 16.7. The Balaban J connectivity index is 1.87. The number of fused-ring (bicyclic) bond motifs is 1. The van der Waals surface area contributed by atoms with Crippen molar-refractivity contribution in [2.75, 3.05) is 0 Å². The topological polar surface area (TPSA) is 12.9 Å². The maximum atomic E-state index is 4.73. The van der Waals surface area contributed by atoms with Gasteiger partial charge >= 0.3 is 0 Å². The van der Waals surface area contributed by atoms with Gasteiger partial charge in [0.1, 0.15) is 0 Å². The molecule has 0 N–H and O–H groups in total. The summed E-state index contributed by atoms with van der Waals surface area (Å²) in [5.41, 5.74) is 7.40. The first-order chi connectivity index (χ1) is 11.6. The number of aromatic nitrogens is 1. The van der Waals surface area contributed by atoms with E-state index in [-0.39, 0.29) is 0 Å². The maximum absolute atomic E-state index is 4.73. The first-order valence-electron chi connectivity index (χ1n) is 8.15. The lowest BCUT2D eigenvalue weighted by molar-refractivity contribution is 1.32. The van der Waals surface area contributed by atoms with Gasteiger partial charge in [-0.1, -0.05) is 47.5 Å². The van der Waals surface area contributed by atoms with Crippen LogP contribution in [0.15, 0.2) is 60.8 Å². The van der Waals surface area contributed by atoms with Gasteiger partial charge in [-0.25, -0.2) is 0 Å². The van der Waals surface area contributed by atoms with Gasteiger partial charge in [0.15, 0.2) is 0 Å². The molecule has 4 rings (SSSR count). The van der Waals surface area contributed by atoms with Gasteiger partial charge in [0, 0.05) is 26.7 Å². The van der Waals surface area contributed by atoms with Crippen LogP contribution in [-0.2, 0) is 0 Å². The van der Waals surface area contributed by atoms with Crippen LogP contribution in [0, 0.1) is 20.8 Å². The minimum atomic E-state index is 1.05. The van der Waals surface area contributed by atoms with E-state index in [1.807, 2.05) is 17.5 Å². The Labute approximate surface area is 146 Å². The van der Waals surface area contributed by atoms with E-state index in [2.05, 4.69) is 75.4 Å². The van der Waals surface area contributed by atoms with Crippen molar-refractivity contribution in [1.29, 1.82) is 0 Å². The van der Waals surface area contributed by atoms with Gasteiger partial charge in [-0.2, -0.15) is 0 Å². The van der Waals surface area contributed by atoms with E-state index >= 15 is 0 Å². The van der Waals surface area contributed by atoms with Gasteiger partial charge in [0.05, 0.1) is 5.69 Å². The standard InChI is InChI=1S/C22H19NS/c1-14-9-15(2)11-18(10-14)20-12-21-19(13-23-20)16(3)22(24-21)17-7-5-4-6-8-17/h4-13H,1-3H3. The van der Waals surface area contributed by atoms with E-state index in [1.165, 1.54) is 42.8 Å². The van der Waals surface area contributed by atoms with Crippen molar-refractivity contribution in [3.05, 3.63) is 77.5 Å². The smallest absolute Gasteiger partial charge is 0.0716 e. The third-order valence-electron chi connectivity index (χ3n) is 4.38. The number of pyridine rings is 1. The number of rotatable bonds is 2. The van der Waals surface area contributed by atoms with Crippen molar-refractivity contribution in [2.24, 2.45) is 0 Å². The van der Waals surface area contributed by atoms with Crippen LogP contribution >= 0.6 is 11.3 Å². The number of thiophene rings is 1. The number of hydrogen-bond donors (Lipinski definition) is 0. The largest absolute Gasteiger partial charge is 0.256 e. The van der Waals surface area contributed by atoms with Crippen LogP contribution in [0.25, 0.3) is 31.8 Å². The lowest BCUT2D eigenvalue weighted by Crippen LogP contribution is -1.86. The summed E-state index contributed by atoms with van der Waals surface area (Å²) in [4.78, 5) is 6.07.